The van der Waals surface area contributed by atoms with Crippen molar-refractivity contribution >= 4 is 11.8 Å². The fourth-order valence-electron chi connectivity index (χ4n) is 2.05. The molecule has 2 heterocycles. The van der Waals surface area contributed by atoms with E-state index in [4.69, 9.17) is 0 Å². The molecule has 0 bridgehead atoms. The molecule has 1 aliphatic rings. The van der Waals surface area contributed by atoms with Gasteiger partial charge in [-0.2, -0.15) is 5.10 Å². The number of aromatic nitrogens is 2. The van der Waals surface area contributed by atoms with Gasteiger partial charge < -0.3 is 10.6 Å². The summed E-state index contributed by atoms with van der Waals surface area (Å²) < 4.78 is 1.79. The molecule has 2 rings (SSSR count). The van der Waals surface area contributed by atoms with E-state index in [-0.39, 0.29) is 23.8 Å². The molecular weight excluding hydrogens is 232 g/mol. The van der Waals surface area contributed by atoms with Crippen LogP contribution in [0.1, 0.15) is 19.8 Å². The first-order chi connectivity index (χ1) is 8.65. The molecule has 0 aliphatic carbocycles. The van der Waals surface area contributed by atoms with E-state index < -0.39 is 0 Å². The maximum atomic E-state index is 12.0. The van der Waals surface area contributed by atoms with Gasteiger partial charge in [0.25, 0.3) is 0 Å². The van der Waals surface area contributed by atoms with Gasteiger partial charge in [0.1, 0.15) is 0 Å². The smallest absolute Gasteiger partial charge is 0.225 e. The van der Waals surface area contributed by atoms with E-state index in [1.54, 1.807) is 10.9 Å². The molecule has 2 atom stereocenters. The molecule has 2 amide bonds. The van der Waals surface area contributed by atoms with Gasteiger partial charge in [0.15, 0.2) is 0 Å². The number of hydrogen-bond donors (Lipinski definition) is 2. The Labute approximate surface area is 106 Å². The minimum Gasteiger partial charge on any atom is -0.355 e. The number of piperidine rings is 1. The summed E-state index contributed by atoms with van der Waals surface area (Å²) in [6.45, 7) is 3.04. The number of rotatable bonds is 4. The van der Waals surface area contributed by atoms with Crippen LogP contribution in [0.5, 0.6) is 0 Å². The zero-order chi connectivity index (χ0) is 13.0. The first-order valence-corrected chi connectivity index (χ1v) is 6.19. The SMILES string of the molecule is C[C@@H](Cn1cccn1)NC(=O)[C@@H]1CCC(=O)NC1. The second-order valence-corrected chi connectivity index (χ2v) is 4.68. The van der Waals surface area contributed by atoms with Crippen molar-refractivity contribution in [2.45, 2.75) is 32.4 Å². The third-order valence-electron chi connectivity index (χ3n) is 3.05. The summed E-state index contributed by atoms with van der Waals surface area (Å²) in [5, 5.41) is 9.76. The Hall–Kier alpha value is -1.85. The standard InChI is InChI=1S/C12H18N4O2/c1-9(8-16-6-2-5-14-16)15-12(18)10-3-4-11(17)13-7-10/h2,5-6,9-10H,3-4,7-8H2,1H3,(H,13,17)(H,15,18)/t9-,10+/m0/s1. The highest BCUT2D eigenvalue weighted by atomic mass is 16.2. The Balaban J connectivity index is 1.78. The van der Waals surface area contributed by atoms with Crippen LogP contribution in [-0.2, 0) is 16.1 Å². The van der Waals surface area contributed by atoms with Crippen LogP contribution in [0, 0.1) is 5.92 Å². The fraction of sp³-hybridized carbons (Fsp3) is 0.583. The van der Waals surface area contributed by atoms with E-state index in [1.807, 2.05) is 19.2 Å². The van der Waals surface area contributed by atoms with Crippen molar-refractivity contribution in [2.24, 2.45) is 5.92 Å². The second-order valence-electron chi connectivity index (χ2n) is 4.68. The van der Waals surface area contributed by atoms with E-state index in [0.29, 0.717) is 25.9 Å². The van der Waals surface area contributed by atoms with Crippen molar-refractivity contribution in [3.8, 4) is 0 Å². The number of nitrogens with zero attached hydrogens (tertiary/aromatic N) is 2. The maximum Gasteiger partial charge on any atom is 0.225 e. The number of nitrogens with one attached hydrogen (secondary N) is 2. The molecule has 0 saturated carbocycles. The molecule has 1 aliphatic heterocycles. The van der Waals surface area contributed by atoms with Crippen LogP contribution >= 0.6 is 0 Å². The van der Waals surface area contributed by atoms with Crippen molar-refractivity contribution in [3.05, 3.63) is 18.5 Å². The number of hydrogen-bond acceptors (Lipinski definition) is 3. The molecule has 6 nitrogen and oxygen atoms in total. The summed E-state index contributed by atoms with van der Waals surface area (Å²) in [6.07, 6.45) is 4.65. The predicted octanol–water partition coefficient (Wildman–Crippen LogP) is -0.0860. The third kappa shape index (κ3) is 3.32. The minimum absolute atomic E-state index is 0.00894. The summed E-state index contributed by atoms with van der Waals surface area (Å²) >= 11 is 0. The molecule has 6 heteroatoms. The maximum absolute atomic E-state index is 12.0. The van der Waals surface area contributed by atoms with Gasteiger partial charge in [-0.3, -0.25) is 14.3 Å². The van der Waals surface area contributed by atoms with E-state index in [0.717, 1.165) is 0 Å². The van der Waals surface area contributed by atoms with Gasteiger partial charge in [-0.1, -0.05) is 0 Å². The lowest BCUT2D eigenvalue weighted by Crippen LogP contribution is -2.46. The Morgan fingerprint density at radius 1 is 1.72 bits per heavy atom. The van der Waals surface area contributed by atoms with Crippen molar-refractivity contribution in [2.75, 3.05) is 6.54 Å². The Morgan fingerprint density at radius 2 is 2.56 bits per heavy atom. The molecule has 1 fully saturated rings. The van der Waals surface area contributed by atoms with Gasteiger partial charge in [-0.05, 0) is 19.4 Å². The average Bonchev–Trinajstić information content (AvgIpc) is 2.82. The molecule has 1 aromatic heterocycles. The first-order valence-electron chi connectivity index (χ1n) is 6.19. The highest BCUT2D eigenvalue weighted by molar-refractivity contribution is 5.83. The van der Waals surface area contributed by atoms with Gasteiger partial charge in [-0.25, -0.2) is 0 Å². The quantitative estimate of drug-likeness (QED) is 0.784. The van der Waals surface area contributed by atoms with Gasteiger partial charge in [-0.15, -0.1) is 0 Å². The molecule has 0 unspecified atom stereocenters. The van der Waals surface area contributed by atoms with Gasteiger partial charge in [0.2, 0.25) is 11.8 Å². The van der Waals surface area contributed by atoms with Gasteiger partial charge in [0.05, 0.1) is 12.5 Å². The van der Waals surface area contributed by atoms with E-state index in [2.05, 4.69) is 15.7 Å². The molecule has 1 aromatic rings. The number of amides is 2. The molecule has 1 saturated heterocycles. The highest BCUT2D eigenvalue weighted by Gasteiger charge is 2.25. The third-order valence-corrected chi connectivity index (χ3v) is 3.05. The largest absolute Gasteiger partial charge is 0.355 e. The normalized spacial score (nSPS) is 21.2. The predicted molar refractivity (Wildman–Crippen MR) is 65.6 cm³/mol. The lowest BCUT2D eigenvalue weighted by atomic mass is 9.98. The summed E-state index contributed by atoms with van der Waals surface area (Å²) in [5.41, 5.74) is 0. The van der Waals surface area contributed by atoms with Gasteiger partial charge in [0, 0.05) is 31.4 Å². The number of carbonyl (C=O) groups excluding carboxylic acids is 2. The second kappa shape index (κ2) is 5.66. The van der Waals surface area contributed by atoms with Crippen molar-refractivity contribution < 1.29 is 9.59 Å². The molecule has 0 radical (unpaired) electrons. The van der Waals surface area contributed by atoms with Crippen LogP contribution < -0.4 is 10.6 Å². The lowest BCUT2D eigenvalue weighted by molar-refractivity contribution is -0.129. The molecule has 18 heavy (non-hydrogen) atoms. The van der Waals surface area contributed by atoms with Crippen molar-refractivity contribution in [1.82, 2.24) is 20.4 Å². The molecule has 98 valence electrons. The van der Waals surface area contributed by atoms with Crippen LogP contribution in [0.2, 0.25) is 0 Å². The van der Waals surface area contributed by atoms with Crippen LogP contribution in [0.4, 0.5) is 0 Å². The van der Waals surface area contributed by atoms with E-state index in [9.17, 15) is 9.59 Å². The molecular formula is C12H18N4O2. The zero-order valence-electron chi connectivity index (χ0n) is 10.4. The van der Waals surface area contributed by atoms with E-state index >= 15 is 0 Å². The highest BCUT2D eigenvalue weighted by Crippen LogP contribution is 2.11. The van der Waals surface area contributed by atoms with Crippen molar-refractivity contribution in [3.63, 3.8) is 0 Å². The molecule has 2 N–H and O–H groups in total. The Morgan fingerprint density at radius 3 is 3.17 bits per heavy atom. The summed E-state index contributed by atoms with van der Waals surface area (Å²) in [6, 6.07) is 1.88. The van der Waals surface area contributed by atoms with Crippen LogP contribution in [0.25, 0.3) is 0 Å². The van der Waals surface area contributed by atoms with Crippen LogP contribution in [0.3, 0.4) is 0 Å². The van der Waals surface area contributed by atoms with Crippen LogP contribution in [0.15, 0.2) is 18.5 Å². The van der Waals surface area contributed by atoms with E-state index in [1.165, 1.54) is 0 Å². The minimum atomic E-state index is -0.109. The Kier molecular flexibility index (Phi) is 3.96. The van der Waals surface area contributed by atoms with Crippen LogP contribution in [-0.4, -0.2) is 34.2 Å². The summed E-state index contributed by atoms with van der Waals surface area (Å²) in [7, 11) is 0. The summed E-state index contributed by atoms with van der Waals surface area (Å²) in [5.74, 6) is -0.0685. The fourth-order valence-corrected chi connectivity index (χ4v) is 2.05. The molecule has 0 aromatic carbocycles. The monoisotopic (exact) mass is 250 g/mol. The zero-order valence-corrected chi connectivity index (χ0v) is 10.4. The first kappa shape index (κ1) is 12.6. The van der Waals surface area contributed by atoms with Crippen molar-refractivity contribution in [1.29, 1.82) is 0 Å². The average molecular weight is 250 g/mol. The summed E-state index contributed by atoms with van der Waals surface area (Å²) in [4.78, 5) is 23.0. The lowest BCUT2D eigenvalue weighted by Gasteiger charge is -2.23. The van der Waals surface area contributed by atoms with Gasteiger partial charge >= 0.3 is 0 Å². The molecule has 0 spiro atoms. The number of carbonyl (C=O) groups is 2. The topological polar surface area (TPSA) is 76.0 Å². The Bertz CT molecular complexity index is 406.